The van der Waals surface area contributed by atoms with E-state index in [-0.39, 0.29) is 22.0 Å². The molecule has 2 N–H and O–H groups in total. The average molecular weight is 522 g/mol. The molecule has 13 nitrogen and oxygen atoms in total. The minimum Gasteiger partial charge on any atom is -0.495 e. The number of rotatable bonds is 10. The highest BCUT2D eigenvalue weighted by Gasteiger charge is 2.27. The Morgan fingerprint density at radius 3 is 2.30 bits per heavy atom. The van der Waals surface area contributed by atoms with Crippen LogP contribution in [0.5, 0.6) is 5.75 Å². The molecule has 0 aromatic heterocycles. The number of nitro benzene ring substituents is 2. The maximum Gasteiger partial charge on any atom is 0.303 e. The number of anilines is 2. The highest BCUT2D eigenvalue weighted by Crippen LogP contribution is 2.42. The fourth-order valence-electron chi connectivity index (χ4n) is 3.19. The van der Waals surface area contributed by atoms with Gasteiger partial charge >= 0.3 is 17.6 Å². The molecule has 0 radical (unpaired) electrons. The fourth-order valence-corrected chi connectivity index (χ4v) is 3.68. The van der Waals surface area contributed by atoms with Crippen molar-refractivity contribution in [3.63, 3.8) is 0 Å². The van der Waals surface area contributed by atoms with Crippen molar-refractivity contribution < 1.29 is 19.4 Å². The number of hydrogen-bond donors (Lipinski definition) is 2. The van der Waals surface area contributed by atoms with E-state index in [1.807, 2.05) is 30.3 Å². The van der Waals surface area contributed by atoms with Gasteiger partial charge in [0.1, 0.15) is 11.4 Å². The SMILES string of the molecule is [C-]#[N+]Sc1cc(N=Nc2cc(OC)c(NCc3ccccc3)cc2NC(C)=O)c([N+](=O)[O-])cc1[N+](=O)[O-]. The zero-order valence-corrected chi connectivity index (χ0v) is 20.3. The lowest BCUT2D eigenvalue weighted by Crippen LogP contribution is -2.08. The molecule has 14 heteroatoms. The summed E-state index contributed by atoms with van der Waals surface area (Å²) in [4.78, 5) is 32.9. The van der Waals surface area contributed by atoms with Gasteiger partial charge in [-0.25, -0.2) is 10.8 Å². The van der Waals surface area contributed by atoms with Crippen molar-refractivity contribution in [3.05, 3.63) is 91.2 Å². The van der Waals surface area contributed by atoms with E-state index in [1.54, 1.807) is 6.07 Å². The molecule has 0 saturated carbocycles. The first kappa shape index (κ1) is 26.6. The van der Waals surface area contributed by atoms with E-state index in [0.29, 0.717) is 29.9 Å². The van der Waals surface area contributed by atoms with E-state index in [2.05, 4.69) is 25.1 Å². The lowest BCUT2D eigenvalue weighted by molar-refractivity contribution is -0.395. The highest BCUT2D eigenvalue weighted by molar-refractivity contribution is 8.01. The molecule has 0 unspecified atom stereocenters. The Morgan fingerprint density at radius 2 is 1.70 bits per heavy atom. The molecule has 0 aliphatic carbocycles. The summed E-state index contributed by atoms with van der Waals surface area (Å²) < 4.78 is 8.50. The van der Waals surface area contributed by atoms with Crippen LogP contribution in [-0.4, -0.2) is 22.9 Å². The van der Waals surface area contributed by atoms with Crippen LogP contribution < -0.4 is 15.4 Å². The van der Waals surface area contributed by atoms with Crippen molar-refractivity contribution in [3.8, 4) is 5.75 Å². The lowest BCUT2D eigenvalue weighted by Gasteiger charge is -2.15. The predicted molar refractivity (Wildman–Crippen MR) is 137 cm³/mol. The van der Waals surface area contributed by atoms with Gasteiger partial charge < -0.3 is 15.4 Å². The molecule has 0 spiro atoms. The van der Waals surface area contributed by atoms with Crippen LogP contribution in [0.4, 0.5) is 34.1 Å². The van der Waals surface area contributed by atoms with Crippen LogP contribution in [0, 0.1) is 26.8 Å². The van der Waals surface area contributed by atoms with Crippen LogP contribution in [0.25, 0.3) is 4.25 Å². The second-order valence-electron chi connectivity index (χ2n) is 7.30. The third kappa shape index (κ3) is 6.77. The van der Waals surface area contributed by atoms with Gasteiger partial charge in [0.25, 0.3) is 5.69 Å². The van der Waals surface area contributed by atoms with Gasteiger partial charge in [-0.15, -0.1) is 10.2 Å². The zero-order valence-electron chi connectivity index (χ0n) is 19.5. The van der Waals surface area contributed by atoms with Gasteiger partial charge in [0.2, 0.25) is 5.91 Å². The van der Waals surface area contributed by atoms with Crippen LogP contribution in [0.1, 0.15) is 12.5 Å². The number of nitrogens with zero attached hydrogens (tertiary/aromatic N) is 5. The number of carbonyl (C=O) groups is 1. The molecule has 0 fully saturated rings. The van der Waals surface area contributed by atoms with Crippen LogP contribution in [-0.2, 0) is 11.3 Å². The van der Waals surface area contributed by atoms with Gasteiger partial charge in [-0.05, 0) is 11.6 Å². The molecule has 0 aliphatic rings. The summed E-state index contributed by atoms with van der Waals surface area (Å²) in [5, 5.41) is 36.7. The number of benzene rings is 3. The number of azo groups is 1. The lowest BCUT2D eigenvalue weighted by atomic mass is 10.2. The number of nitro groups is 2. The van der Waals surface area contributed by atoms with Crippen LogP contribution >= 0.6 is 11.9 Å². The highest BCUT2D eigenvalue weighted by atomic mass is 32.2. The van der Waals surface area contributed by atoms with Crippen molar-refractivity contribution >= 4 is 52.0 Å². The summed E-state index contributed by atoms with van der Waals surface area (Å²) in [5.41, 5.74) is 0.345. The Kier molecular flexibility index (Phi) is 8.68. The predicted octanol–water partition coefficient (Wildman–Crippen LogP) is 6.42. The normalized spacial score (nSPS) is 10.5. The summed E-state index contributed by atoms with van der Waals surface area (Å²) in [6.07, 6.45) is 0. The summed E-state index contributed by atoms with van der Waals surface area (Å²) in [6.45, 7) is 8.76. The molecule has 3 aromatic rings. The Hall–Kier alpha value is -5.03. The molecule has 0 atom stereocenters. The Morgan fingerprint density at radius 1 is 1.03 bits per heavy atom. The van der Waals surface area contributed by atoms with Crippen molar-refractivity contribution in [2.45, 2.75) is 18.4 Å². The number of methoxy groups -OCH3 is 1. The van der Waals surface area contributed by atoms with E-state index in [1.165, 1.54) is 20.1 Å². The van der Waals surface area contributed by atoms with Crippen LogP contribution in [0.15, 0.2) is 69.7 Å². The molecular weight excluding hydrogens is 502 g/mol. The first-order chi connectivity index (χ1) is 17.7. The van der Waals surface area contributed by atoms with E-state index < -0.39 is 27.1 Å². The first-order valence-corrected chi connectivity index (χ1v) is 11.2. The summed E-state index contributed by atoms with van der Waals surface area (Å²) in [5.74, 6) is -0.0332. The number of hydrogen-bond acceptors (Lipinski definition) is 10. The Bertz CT molecular complexity index is 1420. The Balaban J connectivity index is 2.06. The summed E-state index contributed by atoms with van der Waals surface area (Å²) in [7, 11) is 1.44. The minimum atomic E-state index is -0.834. The zero-order chi connectivity index (χ0) is 26.9. The molecule has 0 aliphatic heterocycles. The van der Waals surface area contributed by atoms with E-state index in [4.69, 9.17) is 11.3 Å². The van der Waals surface area contributed by atoms with Crippen molar-refractivity contribution in [1.29, 1.82) is 0 Å². The van der Waals surface area contributed by atoms with Crippen molar-refractivity contribution in [2.24, 2.45) is 10.2 Å². The third-order valence-electron chi connectivity index (χ3n) is 4.81. The molecule has 37 heavy (non-hydrogen) atoms. The minimum absolute atomic E-state index is 0.115. The van der Waals surface area contributed by atoms with Gasteiger partial charge in [-0.1, -0.05) is 30.3 Å². The Labute approximate surface area is 214 Å². The van der Waals surface area contributed by atoms with Crippen molar-refractivity contribution in [2.75, 3.05) is 17.7 Å². The second kappa shape index (κ2) is 12.1. The molecule has 0 heterocycles. The topological polar surface area (TPSA) is 166 Å². The van der Waals surface area contributed by atoms with Crippen molar-refractivity contribution in [1.82, 2.24) is 0 Å². The monoisotopic (exact) mass is 521 g/mol. The van der Waals surface area contributed by atoms with Gasteiger partial charge in [-0.3, -0.25) is 25.0 Å². The van der Waals surface area contributed by atoms with Gasteiger partial charge in [-0.2, -0.15) is 0 Å². The number of amides is 1. The molecule has 3 rings (SSSR count). The van der Waals surface area contributed by atoms with Gasteiger partial charge in [0.05, 0.1) is 34.4 Å². The van der Waals surface area contributed by atoms with Crippen LogP contribution in [0.2, 0.25) is 0 Å². The van der Waals surface area contributed by atoms with E-state index in [0.717, 1.165) is 17.7 Å². The first-order valence-electron chi connectivity index (χ1n) is 10.4. The fraction of sp³-hybridized carbons (Fsp3) is 0.130. The molecule has 3 aromatic carbocycles. The maximum absolute atomic E-state index is 11.8. The summed E-state index contributed by atoms with van der Waals surface area (Å²) >= 11 is 0.450. The second-order valence-corrected chi connectivity index (χ2v) is 8.10. The molecule has 188 valence electrons. The quantitative estimate of drug-likeness (QED) is 0.101. The number of carbonyl (C=O) groups excluding carboxylic acids is 1. The number of ether oxygens (including phenoxy) is 1. The average Bonchev–Trinajstić information content (AvgIpc) is 2.86. The number of nitrogens with one attached hydrogen (secondary N) is 2. The van der Waals surface area contributed by atoms with E-state index in [9.17, 15) is 25.0 Å². The van der Waals surface area contributed by atoms with Gasteiger partial charge in [0, 0.05) is 25.6 Å². The summed E-state index contributed by atoms with van der Waals surface area (Å²) in [6, 6.07) is 14.4. The molecule has 1 amide bonds. The smallest absolute Gasteiger partial charge is 0.303 e. The van der Waals surface area contributed by atoms with Crippen LogP contribution in [0.3, 0.4) is 0 Å². The molecule has 0 bridgehead atoms. The maximum atomic E-state index is 11.8. The van der Waals surface area contributed by atoms with Gasteiger partial charge in [0.15, 0.2) is 10.6 Å². The molecule has 0 saturated heterocycles. The van der Waals surface area contributed by atoms with E-state index >= 15 is 0 Å². The largest absolute Gasteiger partial charge is 0.495 e. The standard InChI is InChI=1S/C23H19N7O6S/c1-14(31)26-16-9-19(25-13-15-7-5-4-6-8-15)22(36-3)10-17(16)27-28-18-11-23(37-24-2)21(30(34)35)12-20(18)29(32)33/h4-12,25H,13H2,1,3H3,(H,26,31). The third-order valence-corrected chi connectivity index (χ3v) is 5.43. The molecular formula is C23H19N7O6S.